The Morgan fingerprint density at radius 3 is 2.66 bits per heavy atom. The Hall–Kier alpha value is -4.35. The summed E-state index contributed by atoms with van der Waals surface area (Å²) in [7, 11) is 1.59. The van der Waals surface area contributed by atoms with Gasteiger partial charge in [-0.2, -0.15) is 0 Å². The van der Waals surface area contributed by atoms with Crippen molar-refractivity contribution < 1.29 is 23.9 Å². The van der Waals surface area contributed by atoms with E-state index in [1.54, 1.807) is 31.4 Å². The molecule has 6 atom stereocenters. The topological polar surface area (TPSA) is 174 Å². The van der Waals surface area contributed by atoms with E-state index in [4.69, 9.17) is 20.9 Å². The highest BCUT2D eigenvalue weighted by Crippen LogP contribution is 2.59. The van der Waals surface area contributed by atoms with Crippen LogP contribution in [0.5, 0.6) is 0 Å². The van der Waals surface area contributed by atoms with Gasteiger partial charge in [-0.15, -0.1) is 0 Å². The molecule has 1 fully saturated rings. The Bertz CT molecular complexity index is 1700. The van der Waals surface area contributed by atoms with Gasteiger partial charge in [-0.05, 0) is 74.2 Å². The molecular formula is C39H52N6O5. The molecule has 6 N–H and O–H groups in total. The lowest BCUT2D eigenvalue weighted by Crippen LogP contribution is -2.51. The molecule has 3 aliphatic rings. The molecule has 0 bridgehead atoms. The zero-order valence-corrected chi connectivity index (χ0v) is 30.1. The second-order valence-corrected chi connectivity index (χ2v) is 14.2. The molecule has 11 nitrogen and oxygen atoms in total. The molecule has 5 rings (SSSR count). The standard InChI is InChI=1S/C39H52N6O5/c1-7-25-12-13-30(43-8-2)28(20-25)22-49-36(48)39-35(47)33-27(18-23(3)4)10-9-11-29(33)34(46)38(39,50-39)16-14-24(5)19-31(45-37(41)42-6)26-15-17-44-32(40)21-26/h9-15,17,21,23,25,28,30-31,43H,7-8,16,18-20,22H2,1-6H3,(H2,40,44)(H3,41,42,45). The summed E-state index contributed by atoms with van der Waals surface area (Å²) in [4.78, 5) is 51.5. The van der Waals surface area contributed by atoms with Crippen molar-refractivity contribution >= 4 is 29.3 Å². The maximum Gasteiger partial charge on any atom is 0.350 e. The van der Waals surface area contributed by atoms with Gasteiger partial charge in [0, 0.05) is 42.8 Å². The highest BCUT2D eigenvalue weighted by Gasteiger charge is 2.85. The third kappa shape index (κ3) is 7.11. The normalized spacial score (nSPS) is 26.7. The fraction of sp³-hybridized carbons (Fsp3) is 0.513. The summed E-state index contributed by atoms with van der Waals surface area (Å²) in [5.41, 5.74) is 11.3. The number of nitrogens with zero attached hydrogens (tertiary/aromatic N) is 2. The molecule has 1 aromatic carbocycles. The lowest BCUT2D eigenvalue weighted by Gasteiger charge is -2.32. The fourth-order valence-corrected chi connectivity index (χ4v) is 7.49. The van der Waals surface area contributed by atoms with Crippen molar-refractivity contribution in [2.45, 2.75) is 90.0 Å². The van der Waals surface area contributed by atoms with Gasteiger partial charge in [0.15, 0.2) is 17.3 Å². The number of hydrogen-bond acceptors (Lipinski definition) is 9. The number of ketones is 2. The minimum absolute atomic E-state index is 0.0129. The van der Waals surface area contributed by atoms with E-state index in [2.05, 4.69) is 53.5 Å². The molecule has 0 radical (unpaired) electrons. The second kappa shape index (κ2) is 15.3. The number of epoxide rings is 1. The van der Waals surface area contributed by atoms with Crippen LogP contribution in [0.3, 0.4) is 0 Å². The maximum absolute atomic E-state index is 14.6. The predicted octanol–water partition coefficient (Wildman–Crippen LogP) is 4.87. The predicted molar refractivity (Wildman–Crippen MR) is 195 cm³/mol. The molecule has 2 heterocycles. The number of ether oxygens (including phenoxy) is 2. The molecule has 0 spiro atoms. The third-order valence-corrected chi connectivity index (χ3v) is 10.2. The molecule has 2 aromatic rings. The fourth-order valence-electron chi connectivity index (χ4n) is 7.49. The van der Waals surface area contributed by atoms with Gasteiger partial charge in [0.1, 0.15) is 5.82 Å². The van der Waals surface area contributed by atoms with E-state index in [1.807, 2.05) is 32.1 Å². The highest BCUT2D eigenvalue weighted by molar-refractivity contribution is 6.33. The molecular weight excluding hydrogens is 632 g/mol. The quantitative estimate of drug-likeness (QED) is 0.0537. The van der Waals surface area contributed by atoms with Gasteiger partial charge in [-0.25, -0.2) is 9.78 Å². The number of carbonyl (C=O) groups is 3. The molecule has 0 saturated carbocycles. The second-order valence-electron chi connectivity index (χ2n) is 14.2. The van der Waals surface area contributed by atoms with E-state index < -0.39 is 23.0 Å². The third-order valence-electron chi connectivity index (χ3n) is 10.2. The molecule has 0 amide bonds. The van der Waals surface area contributed by atoms with Gasteiger partial charge in [0.25, 0.3) is 5.60 Å². The number of aromatic nitrogens is 1. The van der Waals surface area contributed by atoms with Crippen LogP contribution in [0.4, 0.5) is 5.82 Å². The summed E-state index contributed by atoms with van der Waals surface area (Å²) < 4.78 is 12.3. The Balaban J connectivity index is 1.47. The average molecular weight is 685 g/mol. The van der Waals surface area contributed by atoms with Crippen LogP contribution in [0.15, 0.2) is 65.3 Å². The van der Waals surface area contributed by atoms with Gasteiger partial charge >= 0.3 is 5.97 Å². The Labute approximate surface area is 295 Å². The van der Waals surface area contributed by atoms with Crippen molar-refractivity contribution in [3.05, 3.63) is 82.6 Å². The molecule has 1 aromatic heterocycles. The van der Waals surface area contributed by atoms with E-state index in [9.17, 15) is 14.4 Å². The summed E-state index contributed by atoms with van der Waals surface area (Å²) in [5.74, 6) is -0.451. The van der Waals surface area contributed by atoms with Crippen molar-refractivity contribution in [1.82, 2.24) is 15.6 Å². The zero-order chi connectivity index (χ0) is 36.2. The van der Waals surface area contributed by atoms with Crippen molar-refractivity contribution in [3.63, 3.8) is 0 Å². The Kier molecular flexibility index (Phi) is 11.3. The smallest absolute Gasteiger partial charge is 0.350 e. The zero-order valence-electron chi connectivity index (χ0n) is 30.1. The number of pyridine rings is 1. The number of benzene rings is 1. The number of esters is 1. The van der Waals surface area contributed by atoms with Crippen LogP contribution in [0.25, 0.3) is 0 Å². The molecule has 11 heteroatoms. The molecule has 1 saturated heterocycles. The van der Waals surface area contributed by atoms with E-state index in [0.717, 1.165) is 36.1 Å². The number of rotatable bonds is 14. The highest BCUT2D eigenvalue weighted by atomic mass is 16.7. The minimum atomic E-state index is -2.06. The van der Waals surface area contributed by atoms with E-state index in [0.29, 0.717) is 24.6 Å². The number of carbonyl (C=O) groups excluding carboxylic acids is 3. The number of anilines is 1. The molecule has 2 aliphatic carbocycles. The van der Waals surface area contributed by atoms with E-state index in [-0.39, 0.29) is 59.8 Å². The average Bonchev–Trinajstić information content (AvgIpc) is 3.81. The van der Waals surface area contributed by atoms with E-state index >= 15 is 0 Å². The first-order chi connectivity index (χ1) is 23.9. The maximum atomic E-state index is 14.6. The number of likely N-dealkylation sites (N-methyl/N-ethyl adjacent to an activating group) is 1. The lowest BCUT2D eigenvalue weighted by atomic mass is 9.70. The van der Waals surface area contributed by atoms with Crippen LogP contribution >= 0.6 is 0 Å². The summed E-state index contributed by atoms with van der Waals surface area (Å²) in [6.45, 7) is 11.1. The van der Waals surface area contributed by atoms with Crippen molar-refractivity contribution in [1.29, 1.82) is 0 Å². The Morgan fingerprint density at radius 1 is 1.20 bits per heavy atom. The SMILES string of the molecule is CCNC1C=CC(CC)CC1COC(=O)C12OC1(CC=C(C)CC(NC(N)=NC)c1ccnc(N)c1)C(=O)c1cccc(CC(C)C)c1C2=O. The number of Topliss-reactive ketones (excluding diaryl/α,β-unsaturated/α-hetero) is 2. The molecule has 268 valence electrons. The lowest BCUT2D eigenvalue weighted by molar-refractivity contribution is -0.149. The van der Waals surface area contributed by atoms with Crippen LogP contribution in [-0.2, 0) is 20.7 Å². The Morgan fingerprint density at radius 2 is 1.98 bits per heavy atom. The summed E-state index contributed by atoms with van der Waals surface area (Å²) in [6.07, 6.45) is 10.7. The van der Waals surface area contributed by atoms with Gasteiger partial charge in [0.2, 0.25) is 5.78 Å². The number of allylic oxidation sites excluding steroid dienone is 1. The first-order valence-corrected chi connectivity index (χ1v) is 17.8. The summed E-state index contributed by atoms with van der Waals surface area (Å²) in [5, 5.41) is 6.68. The number of fused-ring (bicyclic) bond motifs is 2. The summed E-state index contributed by atoms with van der Waals surface area (Å²) >= 11 is 0. The van der Waals surface area contributed by atoms with Gasteiger partial charge in [0.05, 0.1) is 12.6 Å². The van der Waals surface area contributed by atoms with Crippen LogP contribution in [-0.4, -0.2) is 65.9 Å². The number of nitrogen functional groups attached to an aromatic ring is 1. The van der Waals surface area contributed by atoms with Gasteiger partial charge in [-0.3, -0.25) is 14.6 Å². The molecule has 50 heavy (non-hydrogen) atoms. The van der Waals surface area contributed by atoms with Gasteiger partial charge in [-0.1, -0.05) is 69.7 Å². The van der Waals surface area contributed by atoms with Crippen LogP contribution in [0.1, 0.15) is 98.2 Å². The summed E-state index contributed by atoms with van der Waals surface area (Å²) in [6, 6.07) is 8.64. The first-order valence-electron chi connectivity index (χ1n) is 17.8. The van der Waals surface area contributed by atoms with Gasteiger partial charge < -0.3 is 31.6 Å². The number of nitrogens with two attached hydrogens (primary N) is 2. The first kappa shape index (κ1) is 36.9. The largest absolute Gasteiger partial charge is 0.463 e. The van der Waals surface area contributed by atoms with Crippen LogP contribution in [0.2, 0.25) is 0 Å². The monoisotopic (exact) mass is 684 g/mol. The number of hydrogen-bond donors (Lipinski definition) is 4. The van der Waals surface area contributed by atoms with Crippen molar-refractivity contribution in [2.75, 3.05) is 25.9 Å². The van der Waals surface area contributed by atoms with Crippen molar-refractivity contribution in [2.24, 2.45) is 28.5 Å². The number of guanidine groups is 1. The number of aliphatic imine (C=N–C) groups is 1. The van der Waals surface area contributed by atoms with Crippen LogP contribution < -0.4 is 22.1 Å². The minimum Gasteiger partial charge on any atom is -0.463 e. The van der Waals surface area contributed by atoms with E-state index in [1.165, 1.54) is 0 Å². The number of nitrogens with one attached hydrogen (secondary N) is 2. The molecule has 6 unspecified atom stereocenters. The molecule has 1 aliphatic heterocycles. The van der Waals surface area contributed by atoms with Crippen molar-refractivity contribution in [3.8, 4) is 0 Å². The van der Waals surface area contributed by atoms with Crippen LogP contribution in [0, 0.1) is 17.8 Å².